The summed E-state index contributed by atoms with van der Waals surface area (Å²) in [5.41, 5.74) is 2.28. The summed E-state index contributed by atoms with van der Waals surface area (Å²) < 4.78 is 0. The Kier molecular flexibility index (Phi) is 1.96. The molecule has 1 fully saturated rings. The van der Waals surface area contributed by atoms with E-state index in [0.29, 0.717) is 11.5 Å². The van der Waals surface area contributed by atoms with Gasteiger partial charge in [-0.2, -0.15) is 5.10 Å². The van der Waals surface area contributed by atoms with Crippen LogP contribution >= 0.6 is 0 Å². The standard InChI is InChI=1S/C12H12N2O2/c15-12(16)8-4-5-10-9(6-8)11(14-13-10)7-2-1-3-7/h4-7H,1-3H2,(H,13,14)(H,15,16). The third-order valence-electron chi connectivity index (χ3n) is 3.34. The molecule has 0 atom stereocenters. The number of H-pyrrole nitrogens is 1. The minimum atomic E-state index is -0.886. The van der Waals surface area contributed by atoms with Gasteiger partial charge >= 0.3 is 5.97 Å². The molecule has 0 aliphatic heterocycles. The van der Waals surface area contributed by atoms with Gasteiger partial charge in [0.2, 0.25) is 0 Å². The minimum Gasteiger partial charge on any atom is -0.478 e. The summed E-state index contributed by atoms with van der Waals surface area (Å²) >= 11 is 0. The number of aromatic carboxylic acids is 1. The second-order valence-electron chi connectivity index (χ2n) is 4.30. The van der Waals surface area contributed by atoms with Gasteiger partial charge in [0.15, 0.2) is 0 Å². The van der Waals surface area contributed by atoms with Crippen molar-refractivity contribution in [1.29, 1.82) is 0 Å². The van der Waals surface area contributed by atoms with E-state index < -0.39 is 5.97 Å². The fourth-order valence-corrected chi connectivity index (χ4v) is 2.17. The van der Waals surface area contributed by atoms with E-state index >= 15 is 0 Å². The van der Waals surface area contributed by atoms with Crippen molar-refractivity contribution < 1.29 is 9.90 Å². The van der Waals surface area contributed by atoms with Gasteiger partial charge in [-0.05, 0) is 31.0 Å². The van der Waals surface area contributed by atoms with Crippen molar-refractivity contribution >= 4 is 16.9 Å². The van der Waals surface area contributed by atoms with E-state index in [1.54, 1.807) is 18.2 Å². The number of fused-ring (bicyclic) bond motifs is 1. The zero-order chi connectivity index (χ0) is 11.1. The molecule has 0 saturated heterocycles. The van der Waals surface area contributed by atoms with Crippen LogP contribution in [0.25, 0.3) is 10.9 Å². The molecule has 1 heterocycles. The van der Waals surface area contributed by atoms with Crippen LogP contribution in [0.15, 0.2) is 18.2 Å². The lowest BCUT2D eigenvalue weighted by atomic mass is 9.82. The average molecular weight is 216 g/mol. The van der Waals surface area contributed by atoms with Crippen molar-refractivity contribution in [3.63, 3.8) is 0 Å². The molecule has 16 heavy (non-hydrogen) atoms. The van der Waals surface area contributed by atoms with Crippen molar-refractivity contribution in [2.45, 2.75) is 25.2 Å². The predicted octanol–water partition coefficient (Wildman–Crippen LogP) is 2.53. The molecule has 1 aliphatic carbocycles. The van der Waals surface area contributed by atoms with Gasteiger partial charge in [-0.15, -0.1) is 0 Å². The van der Waals surface area contributed by atoms with Crippen molar-refractivity contribution in [3.05, 3.63) is 29.5 Å². The summed E-state index contributed by atoms with van der Waals surface area (Å²) in [5, 5.41) is 17.2. The van der Waals surface area contributed by atoms with E-state index in [2.05, 4.69) is 10.2 Å². The lowest BCUT2D eigenvalue weighted by molar-refractivity contribution is 0.0697. The number of hydrogen-bond donors (Lipinski definition) is 2. The number of rotatable bonds is 2. The van der Waals surface area contributed by atoms with E-state index in [1.807, 2.05) is 0 Å². The fourth-order valence-electron chi connectivity index (χ4n) is 2.17. The highest BCUT2D eigenvalue weighted by molar-refractivity contribution is 5.94. The van der Waals surface area contributed by atoms with Crippen LogP contribution in [0, 0.1) is 0 Å². The van der Waals surface area contributed by atoms with Crippen LogP contribution in [-0.4, -0.2) is 21.3 Å². The van der Waals surface area contributed by atoms with Crippen molar-refractivity contribution in [3.8, 4) is 0 Å². The Labute approximate surface area is 92.3 Å². The second kappa shape index (κ2) is 3.33. The van der Waals surface area contributed by atoms with E-state index in [1.165, 1.54) is 19.3 Å². The van der Waals surface area contributed by atoms with Crippen LogP contribution in [0.1, 0.15) is 41.2 Å². The van der Waals surface area contributed by atoms with Crippen LogP contribution in [0.2, 0.25) is 0 Å². The van der Waals surface area contributed by atoms with Crippen LogP contribution in [-0.2, 0) is 0 Å². The molecule has 1 aromatic carbocycles. The van der Waals surface area contributed by atoms with Gasteiger partial charge in [0.1, 0.15) is 0 Å². The highest BCUT2D eigenvalue weighted by Crippen LogP contribution is 2.38. The minimum absolute atomic E-state index is 0.328. The second-order valence-corrected chi connectivity index (χ2v) is 4.30. The van der Waals surface area contributed by atoms with Crippen molar-refractivity contribution in [1.82, 2.24) is 10.2 Å². The summed E-state index contributed by atoms with van der Waals surface area (Å²) in [7, 11) is 0. The Morgan fingerprint density at radius 1 is 1.44 bits per heavy atom. The van der Waals surface area contributed by atoms with Crippen LogP contribution in [0.5, 0.6) is 0 Å². The molecule has 0 amide bonds. The molecule has 4 heteroatoms. The van der Waals surface area contributed by atoms with Crippen LogP contribution in [0.3, 0.4) is 0 Å². The molecule has 1 aromatic heterocycles. The summed E-state index contributed by atoms with van der Waals surface area (Å²) in [4.78, 5) is 10.9. The molecule has 3 rings (SSSR count). The maximum atomic E-state index is 10.9. The molecule has 0 bridgehead atoms. The number of nitrogens with zero attached hydrogens (tertiary/aromatic N) is 1. The molecule has 1 aliphatic rings. The van der Waals surface area contributed by atoms with Gasteiger partial charge in [0.25, 0.3) is 0 Å². The summed E-state index contributed by atoms with van der Waals surface area (Å²) in [6.07, 6.45) is 3.60. The molecular formula is C12H12N2O2. The average Bonchev–Trinajstić information content (AvgIpc) is 2.59. The van der Waals surface area contributed by atoms with Gasteiger partial charge in [-0.25, -0.2) is 4.79 Å². The monoisotopic (exact) mass is 216 g/mol. The number of aromatic nitrogens is 2. The third kappa shape index (κ3) is 1.30. The Morgan fingerprint density at radius 3 is 2.88 bits per heavy atom. The number of carboxylic acids is 1. The van der Waals surface area contributed by atoms with E-state index in [-0.39, 0.29) is 0 Å². The summed E-state index contributed by atoms with van der Waals surface area (Å²) in [5.74, 6) is -0.350. The largest absolute Gasteiger partial charge is 0.478 e. The maximum absolute atomic E-state index is 10.9. The first-order valence-corrected chi connectivity index (χ1v) is 5.47. The quantitative estimate of drug-likeness (QED) is 0.810. The fraction of sp³-hybridized carbons (Fsp3) is 0.333. The smallest absolute Gasteiger partial charge is 0.335 e. The van der Waals surface area contributed by atoms with Crippen LogP contribution < -0.4 is 0 Å². The Balaban J connectivity index is 2.15. The van der Waals surface area contributed by atoms with E-state index in [4.69, 9.17) is 5.11 Å². The highest BCUT2D eigenvalue weighted by atomic mass is 16.4. The Morgan fingerprint density at radius 2 is 2.25 bits per heavy atom. The number of benzene rings is 1. The van der Waals surface area contributed by atoms with E-state index in [0.717, 1.165) is 16.6 Å². The van der Waals surface area contributed by atoms with Crippen molar-refractivity contribution in [2.75, 3.05) is 0 Å². The molecule has 2 N–H and O–H groups in total. The number of aromatic amines is 1. The van der Waals surface area contributed by atoms with Crippen molar-refractivity contribution in [2.24, 2.45) is 0 Å². The normalized spacial score (nSPS) is 16.2. The van der Waals surface area contributed by atoms with Gasteiger partial charge in [-0.1, -0.05) is 6.42 Å². The Bertz CT molecular complexity index is 555. The van der Waals surface area contributed by atoms with Gasteiger partial charge in [0, 0.05) is 17.0 Å². The first-order chi connectivity index (χ1) is 7.75. The maximum Gasteiger partial charge on any atom is 0.335 e. The molecule has 0 unspecified atom stereocenters. The van der Waals surface area contributed by atoms with Gasteiger partial charge in [-0.3, -0.25) is 5.10 Å². The zero-order valence-corrected chi connectivity index (χ0v) is 8.73. The SMILES string of the molecule is O=C(O)c1ccc2n[nH]c(C3CCC3)c2c1. The summed E-state index contributed by atoms with van der Waals surface area (Å²) in [6, 6.07) is 5.07. The number of carbonyl (C=O) groups is 1. The van der Waals surface area contributed by atoms with E-state index in [9.17, 15) is 4.79 Å². The highest BCUT2D eigenvalue weighted by Gasteiger charge is 2.23. The molecule has 0 spiro atoms. The third-order valence-corrected chi connectivity index (χ3v) is 3.34. The Hall–Kier alpha value is -1.84. The molecule has 1 saturated carbocycles. The van der Waals surface area contributed by atoms with Crippen LogP contribution in [0.4, 0.5) is 0 Å². The lowest BCUT2D eigenvalue weighted by Gasteiger charge is -2.24. The molecule has 82 valence electrons. The molecule has 4 nitrogen and oxygen atoms in total. The molecule has 0 radical (unpaired) electrons. The lowest BCUT2D eigenvalue weighted by Crippen LogP contribution is -2.09. The predicted molar refractivity (Wildman–Crippen MR) is 59.6 cm³/mol. The molecule has 2 aromatic rings. The van der Waals surface area contributed by atoms with Gasteiger partial charge in [0.05, 0.1) is 11.1 Å². The zero-order valence-electron chi connectivity index (χ0n) is 8.73. The number of nitrogens with one attached hydrogen (secondary N) is 1. The number of hydrogen-bond acceptors (Lipinski definition) is 2. The number of carboxylic acid groups (broad SMARTS) is 1. The first kappa shape index (κ1) is 9.39. The topological polar surface area (TPSA) is 66.0 Å². The summed E-state index contributed by atoms with van der Waals surface area (Å²) in [6.45, 7) is 0. The molecular weight excluding hydrogens is 204 g/mol. The first-order valence-electron chi connectivity index (χ1n) is 5.47. The van der Waals surface area contributed by atoms with Gasteiger partial charge < -0.3 is 5.11 Å².